The van der Waals surface area contributed by atoms with Crippen LogP contribution in [0.15, 0.2) is 71.0 Å². The highest BCUT2D eigenvalue weighted by molar-refractivity contribution is 7.98. The predicted octanol–water partition coefficient (Wildman–Crippen LogP) is 5.72. The number of carbonyl (C=O) groups is 1. The summed E-state index contributed by atoms with van der Waals surface area (Å²) in [6.07, 6.45) is 2.36. The van der Waals surface area contributed by atoms with E-state index in [9.17, 15) is 4.79 Å². The van der Waals surface area contributed by atoms with Gasteiger partial charge < -0.3 is 5.32 Å². The second kappa shape index (κ2) is 8.35. The van der Waals surface area contributed by atoms with Crippen LogP contribution in [0.2, 0.25) is 0 Å². The van der Waals surface area contributed by atoms with Gasteiger partial charge in [-0.05, 0) is 35.4 Å². The second-order valence-corrected chi connectivity index (χ2v) is 9.40. The van der Waals surface area contributed by atoms with Crippen molar-refractivity contribution in [1.82, 2.24) is 14.8 Å². The summed E-state index contributed by atoms with van der Waals surface area (Å²) in [5, 5.41) is 8.96. The minimum Gasteiger partial charge on any atom is -0.328 e. The summed E-state index contributed by atoms with van der Waals surface area (Å²) in [7, 11) is 0. The molecule has 1 N–H and O–H groups in total. The van der Waals surface area contributed by atoms with Crippen LogP contribution in [0, 0.1) is 0 Å². The van der Waals surface area contributed by atoms with Crippen LogP contribution in [0.4, 0.5) is 5.95 Å². The number of rotatable bonds is 5. The molecule has 3 aromatic rings. The van der Waals surface area contributed by atoms with E-state index in [2.05, 4.69) is 55.6 Å². The number of hydrogen-bond acceptors (Lipinski definition) is 5. The number of carbonyl (C=O) groups excluding carboxylic acids is 1. The van der Waals surface area contributed by atoms with E-state index < -0.39 is 0 Å². The molecule has 1 aliphatic carbocycles. The highest BCUT2D eigenvalue weighted by Crippen LogP contribution is 2.41. The van der Waals surface area contributed by atoms with Crippen molar-refractivity contribution in [3.05, 3.63) is 82.6 Å². The molecule has 5 nitrogen and oxygen atoms in total. The molecule has 0 radical (unpaired) electrons. The fraction of sp³-hybridized carbons (Fsp3) is 0.320. The molecule has 1 aromatic heterocycles. The Hall–Kier alpha value is -2.86. The molecule has 0 spiro atoms. The maximum absolute atomic E-state index is 13.0. The SMILES string of the molecule is CC(C)c1ccc(C2C3=C(CCCC3=O)Nc3nc(SCc4ccccc4)nn32)cc1. The molecule has 6 heteroatoms. The topological polar surface area (TPSA) is 59.8 Å². The van der Waals surface area contributed by atoms with E-state index in [0.29, 0.717) is 12.3 Å². The Balaban J connectivity index is 1.51. The largest absolute Gasteiger partial charge is 0.328 e. The van der Waals surface area contributed by atoms with Gasteiger partial charge in [-0.25, -0.2) is 4.68 Å². The first kappa shape index (κ1) is 20.1. The van der Waals surface area contributed by atoms with Crippen molar-refractivity contribution in [2.75, 3.05) is 5.32 Å². The van der Waals surface area contributed by atoms with Crippen LogP contribution in [0.25, 0.3) is 0 Å². The third-order valence-electron chi connectivity index (χ3n) is 5.98. The molecule has 158 valence electrons. The minimum atomic E-state index is -0.223. The number of anilines is 1. The quantitative estimate of drug-likeness (QED) is 0.525. The van der Waals surface area contributed by atoms with E-state index in [1.165, 1.54) is 11.1 Å². The average Bonchev–Trinajstić information content (AvgIpc) is 3.20. The summed E-state index contributed by atoms with van der Waals surface area (Å²) in [5.74, 6) is 2.22. The summed E-state index contributed by atoms with van der Waals surface area (Å²) in [6, 6.07) is 18.7. The van der Waals surface area contributed by atoms with Gasteiger partial charge >= 0.3 is 0 Å². The zero-order chi connectivity index (χ0) is 21.4. The van der Waals surface area contributed by atoms with Crippen molar-refractivity contribution in [3.8, 4) is 0 Å². The summed E-state index contributed by atoms with van der Waals surface area (Å²) >= 11 is 1.62. The smallest absolute Gasteiger partial charge is 0.227 e. The molecule has 5 rings (SSSR count). The van der Waals surface area contributed by atoms with E-state index in [1.54, 1.807) is 11.8 Å². The molecule has 0 amide bonds. The van der Waals surface area contributed by atoms with Gasteiger partial charge in [0.25, 0.3) is 0 Å². The third-order valence-corrected chi connectivity index (χ3v) is 6.89. The molecule has 2 aliphatic rings. The number of nitrogens with one attached hydrogen (secondary N) is 1. The molecule has 1 unspecified atom stereocenters. The van der Waals surface area contributed by atoms with Crippen molar-refractivity contribution >= 4 is 23.5 Å². The molecule has 2 heterocycles. The van der Waals surface area contributed by atoms with Gasteiger partial charge in [0.15, 0.2) is 5.78 Å². The number of benzene rings is 2. The molecule has 2 aromatic carbocycles. The number of hydrogen-bond donors (Lipinski definition) is 1. The van der Waals surface area contributed by atoms with Gasteiger partial charge in [0.1, 0.15) is 6.04 Å². The Morgan fingerprint density at radius 2 is 1.87 bits per heavy atom. The normalized spacial score (nSPS) is 18.0. The van der Waals surface area contributed by atoms with E-state index in [1.807, 2.05) is 22.9 Å². The lowest BCUT2D eigenvalue weighted by atomic mass is 9.85. The zero-order valence-corrected chi connectivity index (χ0v) is 18.7. The van der Waals surface area contributed by atoms with Gasteiger partial charge in [-0.3, -0.25) is 4.79 Å². The van der Waals surface area contributed by atoms with Gasteiger partial charge in [-0.15, -0.1) is 5.10 Å². The number of nitrogens with zero attached hydrogens (tertiary/aromatic N) is 3. The van der Waals surface area contributed by atoms with E-state index in [4.69, 9.17) is 10.1 Å². The Morgan fingerprint density at radius 1 is 1.10 bits per heavy atom. The fourth-order valence-corrected chi connectivity index (χ4v) is 5.08. The maximum atomic E-state index is 13.0. The molecule has 0 bridgehead atoms. The molecule has 1 aliphatic heterocycles. The highest BCUT2D eigenvalue weighted by atomic mass is 32.2. The third kappa shape index (κ3) is 3.92. The van der Waals surface area contributed by atoms with E-state index in [-0.39, 0.29) is 11.8 Å². The number of Topliss-reactive ketones (excluding diaryl/α,β-unsaturated/α-hetero) is 1. The maximum Gasteiger partial charge on any atom is 0.227 e. The summed E-state index contributed by atoms with van der Waals surface area (Å²) in [5.41, 5.74) is 5.47. The van der Waals surface area contributed by atoms with Gasteiger partial charge in [0.05, 0.1) is 0 Å². The fourth-order valence-electron chi connectivity index (χ4n) is 4.29. The lowest BCUT2D eigenvalue weighted by Gasteiger charge is -2.32. The second-order valence-electron chi connectivity index (χ2n) is 8.45. The monoisotopic (exact) mass is 430 g/mol. The van der Waals surface area contributed by atoms with Crippen molar-refractivity contribution in [3.63, 3.8) is 0 Å². The summed E-state index contributed by atoms with van der Waals surface area (Å²) in [4.78, 5) is 17.7. The first-order valence-corrected chi connectivity index (χ1v) is 11.8. The average molecular weight is 431 g/mol. The van der Waals surface area contributed by atoms with E-state index >= 15 is 0 Å². The van der Waals surface area contributed by atoms with E-state index in [0.717, 1.165) is 46.5 Å². The minimum absolute atomic E-state index is 0.214. The Labute approximate surface area is 187 Å². The predicted molar refractivity (Wildman–Crippen MR) is 124 cm³/mol. The Bertz CT molecular complexity index is 1130. The van der Waals surface area contributed by atoms with Crippen molar-refractivity contribution in [2.45, 2.75) is 56.0 Å². The molecule has 0 saturated carbocycles. The molecule has 0 fully saturated rings. The molecular weight excluding hydrogens is 404 g/mol. The van der Waals surface area contributed by atoms with Crippen LogP contribution in [-0.2, 0) is 10.5 Å². The van der Waals surface area contributed by atoms with Crippen molar-refractivity contribution < 1.29 is 4.79 Å². The number of allylic oxidation sites excluding steroid dienone is 2. The summed E-state index contributed by atoms with van der Waals surface area (Å²) in [6.45, 7) is 4.38. The number of thioether (sulfide) groups is 1. The lowest BCUT2D eigenvalue weighted by molar-refractivity contribution is -0.116. The molecular formula is C25H26N4OS. The lowest BCUT2D eigenvalue weighted by Crippen LogP contribution is -2.31. The molecule has 31 heavy (non-hydrogen) atoms. The van der Waals surface area contributed by atoms with Crippen LogP contribution < -0.4 is 5.32 Å². The highest BCUT2D eigenvalue weighted by Gasteiger charge is 2.36. The zero-order valence-electron chi connectivity index (χ0n) is 17.8. The van der Waals surface area contributed by atoms with Gasteiger partial charge in [-0.2, -0.15) is 4.98 Å². The first-order valence-electron chi connectivity index (χ1n) is 10.9. The standard InChI is InChI=1S/C25H26N4OS/c1-16(2)18-11-13-19(14-12-18)23-22-20(9-6-10-21(22)30)26-24-27-25(28-29(23)24)31-15-17-7-4-3-5-8-17/h3-5,7-8,11-14,16,23H,6,9-10,15H2,1-2H3,(H,26,27,28). The van der Waals surface area contributed by atoms with Gasteiger partial charge in [0.2, 0.25) is 11.1 Å². The van der Waals surface area contributed by atoms with Crippen LogP contribution in [0.3, 0.4) is 0 Å². The van der Waals surface area contributed by atoms with Gasteiger partial charge in [-0.1, -0.05) is 80.2 Å². The van der Waals surface area contributed by atoms with Gasteiger partial charge in [0, 0.05) is 23.4 Å². The van der Waals surface area contributed by atoms with Crippen LogP contribution in [-0.4, -0.2) is 20.5 Å². The summed E-state index contributed by atoms with van der Waals surface area (Å²) < 4.78 is 1.90. The first-order chi connectivity index (χ1) is 15.1. The van der Waals surface area contributed by atoms with Crippen LogP contribution in [0.1, 0.15) is 61.8 Å². The molecule has 1 atom stereocenters. The number of aromatic nitrogens is 3. The Morgan fingerprint density at radius 3 is 2.61 bits per heavy atom. The van der Waals surface area contributed by atoms with Crippen LogP contribution in [0.5, 0.6) is 0 Å². The Kier molecular flexibility index (Phi) is 5.40. The van der Waals surface area contributed by atoms with Crippen molar-refractivity contribution in [1.29, 1.82) is 0 Å². The number of fused-ring (bicyclic) bond motifs is 1. The molecule has 0 saturated heterocycles. The van der Waals surface area contributed by atoms with Crippen molar-refractivity contribution in [2.24, 2.45) is 0 Å². The van der Waals surface area contributed by atoms with Crippen LogP contribution >= 0.6 is 11.8 Å². The number of ketones is 1.